The third-order valence-corrected chi connectivity index (χ3v) is 2.05. The second-order valence-electron chi connectivity index (χ2n) is 3.21. The summed E-state index contributed by atoms with van der Waals surface area (Å²) >= 11 is 0. The van der Waals surface area contributed by atoms with Crippen LogP contribution in [0.3, 0.4) is 0 Å². The van der Waals surface area contributed by atoms with Crippen LogP contribution in [0.15, 0.2) is 12.1 Å². The average Bonchev–Trinajstić information content (AvgIpc) is 2.00. The Morgan fingerprint density at radius 1 is 1.33 bits per heavy atom. The number of hydrogen-bond acceptors (Lipinski definition) is 2. The van der Waals surface area contributed by atoms with Crippen molar-refractivity contribution in [3.63, 3.8) is 0 Å². The van der Waals surface area contributed by atoms with Crippen LogP contribution in [0.4, 0.5) is 13.2 Å². The molecule has 15 heavy (non-hydrogen) atoms. The van der Waals surface area contributed by atoms with Gasteiger partial charge in [0.2, 0.25) is 0 Å². The molecule has 0 spiro atoms. The Morgan fingerprint density at radius 3 is 2.27 bits per heavy atom. The van der Waals surface area contributed by atoms with Crippen LogP contribution in [-0.4, -0.2) is 10.9 Å². The molecule has 0 fully saturated rings. The predicted molar refractivity (Wildman–Crippen MR) is 47.9 cm³/mol. The van der Waals surface area contributed by atoms with E-state index in [2.05, 4.69) is 0 Å². The van der Waals surface area contributed by atoms with Crippen molar-refractivity contribution in [1.29, 1.82) is 0 Å². The summed E-state index contributed by atoms with van der Waals surface area (Å²) in [6, 6.07) is 2.35. The van der Waals surface area contributed by atoms with Gasteiger partial charge in [-0.1, -0.05) is 6.07 Å². The number of benzene rings is 1. The molecule has 5 heteroatoms. The van der Waals surface area contributed by atoms with Crippen LogP contribution in [0.1, 0.15) is 28.4 Å². The van der Waals surface area contributed by atoms with E-state index in [1.807, 2.05) is 0 Å². The lowest BCUT2D eigenvalue weighted by atomic mass is 10.0. The van der Waals surface area contributed by atoms with Crippen molar-refractivity contribution in [3.8, 4) is 5.75 Å². The van der Waals surface area contributed by atoms with E-state index in [0.29, 0.717) is 0 Å². The number of rotatable bonds is 1. The van der Waals surface area contributed by atoms with Gasteiger partial charge in [-0.2, -0.15) is 13.2 Å². The van der Waals surface area contributed by atoms with E-state index in [4.69, 9.17) is 0 Å². The van der Waals surface area contributed by atoms with Gasteiger partial charge in [-0.05, 0) is 25.5 Å². The Kier molecular flexibility index (Phi) is 2.75. The molecule has 0 bridgehead atoms. The first kappa shape index (κ1) is 11.6. The van der Waals surface area contributed by atoms with Gasteiger partial charge in [0, 0.05) is 0 Å². The van der Waals surface area contributed by atoms with Gasteiger partial charge in [0.05, 0.1) is 5.56 Å². The van der Waals surface area contributed by atoms with Crippen molar-refractivity contribution in [2.45, 2.75) is 20.0 Å². The van der Waals surface area contributed by atoms with Gasteiger partial charge < -0.3 is 5.11 Å². The lowest BCUT2D eigenvalue weighted by Gasteiger charge is -2.13. The number of alkyl halides is 3. The number of phenols is 1. The Labute approximate surface area is 84.3 Å². The van der Waals surface area contributed by atoms with Crippen LogP contribution in [0.25, 0.3) is 0 Å². The number of aromatic hydroxyl groups is 1. The summed E-state index contributed by atoms with van der Waals surface area (Å²) in [5.41, 5.74) is -1.56. The van der Waals surface area contributed by atoms with E-state index in [1.54, 1.807) is 0 Å². The SMILES string of the molecule is CC(=O)c1ccc(C)c(C(F)(F)F)c1O. The zero-order valence-electron chi connectivity index (χ0n) is 8.14. The number of carbonyl (C=O) groups excluding carboxylic acids is 1. The fraction of sp³-hybridized carbons (Fsp3) is 0.300. The molecule has 82 valence electrons. The van der Waals surface area contributed by atoms with E-state index in [0.717, 1.165) is 6.92 Å². The number of aryl methyl sites for hydroxylation is 1. The summed E-state index contributed by atoms with van der Waals surface area (Å²) in [6.45, 7) is 2.33. The van der Waals surface area contributed by atoms with E-state index < -0.39 is 23.3 Å². The van der Waals surface area contributed by atoms with Gasteiger partial charge in [-0.25, -0.2) is 0 Å². The molecule has 1 rings (SSSR count). The molecular formula is C10H9F3O2. The molecule has 0 radical (unpaired) electrons. The second kappa shape index (κ2) is 3.56. The molecule has 0 saturated carbocycles. The van der Waals surface area contributed by atoms with E-state index in [9.17, 15) is 23.1 Å². The van der Waals surface area contributed by atoms with Crippen LogP contribution in [0.2, 0.25) is 0 Å². The van der Waals surface area contributed by atoms with Crippen molar-refractivity contribution in [3.05, 3.63) is 28.8 Å². The average molecular weight is 218 g/mol. The quantitative estimate of drug-likeness (QED) is 0.736. The molecule has 0 heterocycles. The highest BCUT2D eigenvalue weighted by atomic mass is 19.4. The molecular weight excluding hydrogens is 209 g/mol. The topological polar surface area (TPSA) is 37.3 Å². The fourth-order valence-electron chi connectivity index (χ4n) is 1.33. The number of ketones is 1. The predicted octanol–water partition coefficient (Wildman–Crippen LogP) is 2.92. The molecule has 0 aliphatic heterocycles. The standard InChI is InChI=1S/C10H9F3O2/c1-5-3-4-7(6(2)14)9(15)8(5)10(11,12)13/h3-4,15H,1-2H3. The summed E-state index contributed by atoms with van der Waals surface area (Å²) in [7, 11) is 0. The lowest BCUT2D eigenvalue weighted by molar-refractivity contribution is -0.139. The molecule has 0 aliphatic rings. The smallest absolute Gasteiger partial charge is 0.420 e. The number of Topliss-reactive ketones (excluding diaryl/α,β-unsaturated/α-hetero) is 1. The number of halogens is 3. The minimum Gasteiger partial charge on any atom is -0.507 e. The van der Waals surface area contributed by atoms with Crippen LogP contribution >= 0.6 is 0 Å². The molecule has 1 N–H and O–H groups in total. The van der Waals surface area contributed by atoms with Crippen molar-refractivity contribution in [1.82, 2.24) is 0 Å². The van der Waals surface area contributed by atoms with Gasteiger partial charge in [-0.15, -0.1) is 0 Å². The van der Waals surface area contributed by atoms with Gasteiger partial charge >= 0.3 is 6.18 Å². The maximum atomic E-state index is 12.5. The van der Waals surface area contributed by atoms with Crippen LogP contribution < -0.4 is 0 Å². The highest BCUT2D eigenvalue weighted by Crippen LogP contribution is 2.39. The first-order valence-corrected chi connectivity index (χ1v) is 4.16. The molecule has 0 unspecified atom stereocenters. The summed E-state index contributed by atoms with van der Waals surface area (Å²) in [6.07, 6.45) is -4.65. The molecule has 0 amide bonds. The highest BCUT2D eigenvalue weighted by Gasteiger charge is 2.37. The molecule has 2 nitrogen and oxygen atoms in total. The Morgan fingerprint density at radius 2 is 1.87 bits per heavy atom. The Hall–Kier alpha value is -1.52. The number of hydrogen-bond donors (Lipinski definition) is 1. The maximum absolute atomic E-state index is 12.5. The third-order valence-electron chi connectivity index (χ3n) is 2.05. The summed E-state index contributed by atoms with van der Waals surface area (Å²) in [5.74, 6) is -1.59. The Balaban J connectivity index is 3.51. The normalized spacial score (nSPS) is 11.5. The minimum absolute atomic E-state index is 0.106. The van der Waals surface area contributed by atoms with E-state index >= 15 is 0 Å². The largest absolute Gasteiger partial charge is 0.507 e. The highest BCUT2D eigenvalue weighted by molar-refractivity contribution is 5.97. The van der Waals surface area contributed by atoms with Crippen molar-refractivity contribution in [2.75, 3.05) is 0 Å². The number of carbonyl (C=O) groups is 1. The maximum Gasteiger partial charge on any atom is 0.420 e. The van der Waals surface area contributed by atoms with Gasteiger partial charge in [0.1, 0.15) is 11.3 Å². The second-order valence-corrected chi connectivity index (χ2v) is 3.21. The Bertz CT molecular complexity index is 408. The summed E-state index contributed by atoms with van der Waals surface area (Å²) in [5, 5.41) is 9.33. The van der Waals surface area contributed by atoms with Crippen LogP contribution in [-0.2, 0) is 6.18 Å². The molecule has 0 aliphatic carbocycles. The molecule has 0 saturated heterocycles. The summed E-state index contributed by atoms with van der Waals surface area (Å²) < 4.78 is 37.4. The van der Waals surface area contributed by atoms with E-state index in [-0.39, 0.29) is 11.1 Å². The first-order valence-electron chi connectivity index (χ1n) is 4.16. The van der Waals surface area contributed by atoms with Crippen LogP contribution in [0.5, 0.6) is 5.75 Å². The zero-order chi connectivity index (χ0) is 11.8. The van der Waals surface area contributed by atoms with Crippen molar-refractivity contribution in [2.24, 2.45) is 0 Å². The van der Waals surface area contributed by atoms with Crippen molar-refractivity contribution < 1.29 is 23.1 Å². The molecule has 0 atom stereocenters. The summed E-state index contributed by atoms with van der Waals surface area (Å²) in [4.78, 5) is 10.9. The molecule has 1 aromatic carbocycles. The monoisotopic (exact) mass is 218 g/mol. The molecule has 0 aromatic heterocycles. The molecule has 1 aromatic rings. The third kappa shape index (κ3) is 2.11. The van der Waals surface area contributed by atoms with Gasteiger partial charge in [0.25, 0.3) is 0 Å². The number of phenolic OH excluding ortho intramolecular Hbond substituents is 1. The van der Waals surface area contributed by atoms with Crippen molar-refractivity contribution >= 4 is 5.78 Å². The fourth-order valence-corrected chi connectivity index (χ4v) is 1.33. The van der Waals surface area contributed by atoms with Gasteiger partial charge in [-0.3, -0.25) is 4.79 Å². The lowest BCUT2D eigenvalue weighted by Crippen LogP contribution is -2.10. The van der Waals surface area contributed by atoms with Crippen LogP contribution in [0, 0.1) is 6.92 Å². The van der Waals surface area contributed by atoms with E-state index in [1.165, 1.54) is 19.1 Å². The minimum atomic E-state index is -4.65. The first-order chi connectivity index (χ1) is 6.75. The zero-order valence-corrected chi connectivity index (χ0v) is 8.14. The van der Waals surface area contributed by atoms with Gasteiger partial charge in [0.15, 0.2) is 5.78 Å².